The van der Waals surface area contributed by atoms with Crippen molar-refractivity contribution in [2.45, 2.75) is 39.5 Å². The summed E-state index contributed by atoms with van der Waals surface area (Å²) in [6.45, 7) is 6.32. The van der Waals surface area contributed by atoms with Crippen molar-refractivity contribution in [1.82, 2.24) is 4.90 Å². The molecule has 1 heterocycles. The standard InChI is InChI=1S/C23H23NO4/c1-14-11-23(2,3)12-15-8-9-16(10-19(14)15)28-20(25)13-24-21(26)17-6-4-5-7-18(17)22(24)27/h4-10,14H,11-13H2,1-3H3/t14-/m0/s1. The first kappa shape index (κ1) is 18.4. The Bertz CT molecular complexity index is 957. The quantitative estimate of drug-likeness (QED) is 0.461. The van der Waals surface area contributed by atoms with Crippen molar-refractivity contribution in [3.63, 3.8) is 0 Å². The highest BCUT2D eigenvalue weighted by Gasteiger charge is 2.37. The summed E-state index contributed by atoms with van der Waals surface area (Å²) in [6, 6.07) is 12.3. The molecule has 0 bridgehead atoms. The minimum Gasteiger partial charge on any atom is -0.425 e. The number of esters is 1. The molecule has 2 amide bonds. The first-order chi connectivity index (χ1) is 13.2. The monoisotopic (exact) mass is 377 g/mol. The molecule has 2 aromatic carbocycles. The highest BCUT2D eigenvalue weighted by molar-refractivity contribution is 6.22. The van der Waals surface area contributed by atoms with E-state index in [1.54, 1.807) is 30.3 Å². The number of fused-ring (bicyclic) bond motifs is 2. The van der Waals surface area contributed by atoms with Crippen LogP contribution in [0.3, 0.4) is 0 Å². The van der Waals surface area contributed by atoms with Crippen LogP contribution in [-0.4, -0.2) is 29.2 Å². The van der Waals surface area contributed by atoms with Gasteiger partial charge in [-0.1, -0.05) is 39.0 Å². The first-order valence-corrected chi connectivity index (χ1v) is 9.54. The average Bonchev–Trinajstić information content (AvgIpc) is 2.87. The van der Waals surface area contributed by atoms with Gasteiger partial charge in [-0.3, -0.25) is 14.5 Å². The number of carbonyl (C=O) groups excluding carboxylic acids is 3. The molecule has 2 aromatic rings. The lowest BCUT2D eigenvalue weighted by atomic mass is 9.70. The Kier molecular flexibility index (Phi) is 4.33. The molecule has 0 saturated heterocycles. The van der Waals surface area contributed by atoms with Crippen LogP contribution in [0, 0.1) is 5.41 Å². The van der Waals surface area contributed by atoms with Crippen molar-refractivity contribution < 1.29 is 19.1 Å². The maximum Gasteiger partial charge on any atom is 0.331 e. The highest BCUT2D eigenvalue weighted by Crippen LogP contribution is 2.42. The molecular formula is C23H23NO4. The fourth-order valence-electron chi connectivity index (χ4n) is 4.46. The predicted octanol–water partition coefficient (Wildman–Crippen LogP) is 3.96. The zero-order valence-corrected chi connectivity index (χ0v) is 16.3. The molecule has 144 valence electrons. The van der Waals surface area contributed by atoms with Crippen LogP contribution in [0.4, 0.5) is 0 Å². The van der Waals surface area contributed by atoms with E-state index in [9.17, 15) is 14.4 Å². The van der Waals surface area contributed by atoms with Crippen molar-refractivity contribution in [2.24, 2.45) is 5.41 Å². The fourth-order valence-corrected chi connectivity index (χ4v) is 4.46. The van der Waals surface area contributed by atoms with Gasteiger partial charge in [-0.15, -0.1) is 0 Å². The molecule has 0 saturated carbocycles. The summed E-state index contributed by atoms with van der Waals surface area (Å²) in [4.78, 5) is 38.1. The number of hydrogen-bond acceptors (Lipinski definition) is 4. The number of nitrogens with zero attached hydrogens (tertiary/aromatic N) is 1. The van der Waals surface area contributed by atoms with E-state index in [0.29, 0.717) is 22.8 Å². The number of hydrogen-bond donors (Lipinski definition) is 0. The molecule has 0 unspecified atom stereocenters. The minimum absolute atomic E-state index is 0.260. The van der Waals surface area contributed by atoms with Crippen LogP contribution in [0.2, 0.25) is 0 Å². The largest absolute Gasteiger partial charge is 0.425 e. The normalized spacial score (nSPS) is 20.0. The third-order valence-corrected chi connectivity index (χ3v) is 5.57. The molecule has 0 spiro atoms. The lowest BCUT2D eigenvalue weighted by Crippen LogP contribution is -2.36. The zero-order valence-electron chi connectivity index (χ0n) is 16.3. The van der Waals surface area contributed by atoms with Crippen molar-refractivity contribution in [3.05, 3.63) is 64.7 Å². The third kappa shape index (κ3) is 3.21. The van der Waals surface area contributed by atoms with E-state index in [1.165, 1.54) is 11.1 Å². The summed E-state index contributed by atoms with van der Waals surface area (Å²) in [5, 5.41) is 0. The van der Waals surface area contributed by atoms with E-state index in [2.05, 4.69) is 20.8 Å². The maximum atomic E-state index is 12.4. The SMILES string of the molecule is C[C@H]1CC(C)(C)Cc2ccc(OC(=O)CN3C(=O)c4ccccc4C3=O)cc21. The van der Waals surface area contributed by atoms with Gasteiger partial charge in [0, 0.05) is 0 Å². The second-order valence-electron chi connectivity index (χ2n) is 8.52. The summed E-state index contributed by atoms with van der Waals surface area (Å²) < 4.78 is 5.45. The smallest absolute Gasteiger partial charge is 0.331 e. The summed E-state index contributed by atoms with van der Waals surface area (Å²) in [7, 11) is 0. The van der Waals surface area contributed by atoms with E-state index in [-0.39, 0.29) is 5.41 Å². The van der Waals surface area contributed by atoms with Crippen LogP contribution in [0.25, 0.3) is 0 Å². The Labute approximate surface area is 164 Å². The van der Waals surface area contributed by atoms with Gasteiger partial charge in [0.25, 0.3) is 11.8 Å². The molecule has 2 aliphatic rings. The lowest BCUT2D eigenvalue weighted by Gasteiger charge is -2.35. The second-order valence-corrected chi connectivity index (χ2v) is 8.52. The van der Waals surface area contributed by atoms with Crippen molar-refractivity contribution in [3.8, 4) is 5.75 Å². The molecule has 1 aliphatic carbocycles. The maximum absolute atomic E-state index is 12.4. The molecule has 28 heavy (non-hydrogen) atoms. The summed E-state index contributed by atoms with van der Waals surface area (Å²) in [5.74, 6) is -0.712. The molecule has 1 aliphatic heterocycles. The highest BCUT2D eigenvalue weighted by atomic mass is 16.5. The van der Waals surface area contributed by atoms with Crippen LogP contribution in [0.15, 0.2) is 42.5 Å². The van der Waals surface area contributed by atoms with Gasteiger partial charge in [-0.2, -0.15) is 0 Å². The van der Waals surface area contributed by atoms with E-state index in [4.69, 9.17) is 4.74 Å². The molecule has 0 N–H and O–H groups in total. The molecule has 0 radical (unpaired) electrons. The van der Waals surface area contributed by atoms with E-state index >= 15 is 0 Å². The molecule has 1 atom stereocenters. The second kappa shape index (κ2) is 6.59. The molecule has 5 nitrogen and oxygen atoms in total. The minimum atomic E-state index is -0.627. The predicted molar refractivity (Wildman–Crippen MR) is 104 cm³/mol. The number of benzene rings is 2. The Balaban J connectivity index is 1.48. The van der Waals surface area contributed by atoms with Gasteiger partial charge in [0.15, 0.2) is 0 Å². The number of amides is 2. The van der Waals surface area contributed by atoms with Crippen LogP contribution < -0.4 is 4.74 Å². The van der Waals surface area contributed by atoms with Crippen molar-refractivity contribution in [2.75, 3.05) is 6.54 Å². The van der Waals surface area contributed by atoms with Gasteiger partial charge in [-0.25, -0.2) is 4.79 Å². The van der Waals surface area contributed by atoms with Gasteiger partial charge in [0.05, 0.1) is 11.1 Å². The third-order valence-electron chi connectivity index (χ3n) is 5.57. The van der Waals surface area contributed by atoms with Crippen LogP contribution in [0.5, 0.6) is 5.75 Å². The number of carbonyl (C=O) groups is 3. The Morgan fingerprint density at radius 3 is 2.39 bits per heavy atom. The van der Waals surface area contributed by atoms with Crippen LogP contribution in [0.1, 0.15) is 65.0 Å². The number of imide groups is 1. The summed E-state index contributed by atoms with van der Waals surface area (Å²) in [6.07, 6.45) is 2.07. The van der Waals surface area contributed by atoms with Crippen LogP contribution in [-0.2, 0) is 11.2 Å². The van der Waals surface area contributed by atoms with Gasteiger partial charge >= 0.3 is 5.97 Å². The molecule has 5 heteroatoms. The molecular weight excluding hydrogens is 354 g/mol. The topological polar surface area (TPSA) is 63.7 Å². The Morgan fingerprint density at radius 1 is 1.11 bits per heavy atom. The van der Waals surface area contributed by atoms with Crippen molar-refractivity contribution in [1.29, 1.82) is 0 Å². The number of ether oxygens (including phenoxy) is 1. The first-order valence-electron chi connectivity index (χ1n) is 9.54. The lowest BCUT2D eigenvalue weighted by molar-refractivity contribution is -0.134. The van der Waals surface area contributed by atoms with Gasteiger partial charge in [0.1, 0.15) is 12.3 Å². The number of rotatable bonds is 3. The van der Waals surface area contributed by atoms with E-state index in [0.717, 1.165) is 17.7 Å². The molecule has 0 aromatic heterocycles. The molecule has 0 fully saturated rings. The van der Waals surface area contributed by atoms with Crippen molar-refractivity contribution >= 4 is 17.8 Å². The van der Waals surface area contributed by atoms with E-state index in [1.807, 2.05) is 12.1 Å². The van der Waals surface area contributed by atoms with Gasteiger partial charge in [-0.05, 0) is 59.6 Å². The summed E-state index contributed by atoms with van der Waals surface area (Å²) >= 11 is 0. The zero-order chi connectivity index (χ0) is 20.1. The Hall–Kier alpha value is -2.95. The molecule has 4 rings (SSSR count). The van der Waals surface area contributed by atoms with Gasteiger partial charge in [0.2, 0.25) is 0 Å². The van der Waals surface area contributed by atoms with Crippen LogP contribution >= 0.6 is 0 Å². The average molecular weight is 377 g/mol. The fraction of sp³-hybridized carbons (Fsp3) is 0.348. The van der Waals surface area contributed by atoms with E-state index < -0.39 is 24.3 Å². The van der Waals surface area contributed by atoms with Gasteiger partial charge < -0.3 is 4.74 Å². The summed E-state index contributed by atoms with van der Waals surface area (Å²) in [5.41, 5.74) is 3.39. The Morgan fingerprint density at radius 2 is 1.75 bits per heavy atom.